The molecule has 1 amide bonds. The van der Waals surface area contributed by atoms with Gasteiger partial charge in [-0.2, -0.15) is 0 Å². The third-order valence-corrected chi connectivity index (χ3v) is 2.14. The van der Waals surface area contributed by atoms with E-state index in [4.69, 9.17) is 39.9 Å². The Bertz CT molecular complexity index is 416. The first-order valence-corrected chi connectivity index (χ1v) is 5.79. The van der Waals surface area contributed by atoms with Gasteiger partial charge in [0.1, 0.15) is 6.61 Å². The molecule has 100 valence electrons. The highest BCUT2D eigenvalue weighted by Crippen LogP contribution is 2.26. The van der Waals surface area contributed by atoms with E-state index in [9.17, 15) is 9.59 Å². The summed E-state index contributed by atoms with van der Waals surface area (Å²) >= 11 is 16.1. The molecule has 1 heterocycles. The monoisotopic (exact) mass is 314 g/mol. The first-order chi connectivity index (χ1) is 8.29. The predicted octanol–water partition coefficient (Wildman–Crippen LogP) is 2.24. The lowest BCUT2D eigenvalue weighted by Crippen LogP contribution is -2.35. The van der Waals surface area contributed by atoms with Crippen molar-refractivity contribution in [3.63, 3.8) is 0 Å². The average molecular weight is 316 g/mol. The number of hydrogen-bond donors (Lipinski definition) is 3. The Balaban J connectivity index is 2.58. The first kappa shape index (κ1) is 14.9. The molecule has 0 aromatic carbocycles. The van der Waals surface area contributed by atoms with E-state index in [0.717, 1.165) is 0 Å². The van der Waals surface area contributed by atoms with Crippen molar-refractivity contribution < 1.29 is 19.4 Å². The third kappa shape index (κ3) is 5.03. The summed E-state index contributed by atoms with van der Waals surface area (Å²) in [6, 6.07) is 1.84. The molecule has 3 N–H and O–H groups in total. The Hall–Kier alpha value is -1.11. The molecule has 0 aliphatic rings. The van der Waals surface area contributed by atoms with Crippen LogP contribution in [0.1, 0.15) is 11.7 Å². The molecule has 1 unspecified atom stereocenters. The van der Waals surface area contributed by atoms with Crippen LogP contribution in [0, 0.1) is 0 Å². The Morgan fingerprint density at radius 3 is 2.61 bits per heavy atom. The second kappa shape index (κ2) is 6.17. The SMILES string of the molecule is O=C(NC(C(=O)O)c1ccc[nH]1)OCC(Cl)(Cl)Cl. The van der Waals surface area contributed by atoms with Crippen LogP contribution < -0.4 is 5.32 Å². The zero-order valence-electron chi connectivity index (χ0n) is 8.82. The highest BCUT2D eigenvalue weighted by atomic mass is 35.6. The highest BCUT2D eigenvalue weighted by Gasteiger charge is 2.26. The second-order valence-electron chi connectivity index (χ2n) is 3.23. The van der Waals surface area contributed by atoms with E-state index in [1.54, 1.807) is 6.07 Å². The number of aromatic nitrogens is 1. The smallest absolute Gasteiger partial charge is 0.408 e. The molecule has 0 radical (unpaired) electrons. The van der Waals surface area contributed by atoms with Crippen LogP contribution in [0.25, 0.3) is 0 Å². The summed E-state index contributed by atoms with van der Waals surface area (Å²) in [6.07, 6.45) is 0.530. The number of rotatable bonds is 4. The summed E-state index contributed by atoms with van der Waals surface area (Å²) < 4.78 is 2.81. The molecule has 6 nitrogen and oxygen atoms in total. The minimum Gasteiger partial charge on any atom is -0.479 e. The van der Waals surface area contributed by atoms with Crippen LogP contribution in [0.15, 0.2) is 18.3 Å². The van der Waals surface area contributed by atoms with Crippen LogP contribution in [0.2, 0.25) is 0 Å². The van der Waals surface area contributed by atoms with Crippen LogP contribution in [0.5, 0.6) is 0 Å². The molecule has 1 aromatic rings. The molecule has 18 heavy (non-hydrogen) atoms. The maximum absolute atomic E-state index is 11.3. The number of halogens is 3. The van der Waals surface area contributed by atoms with E-state index >= 15 is 0 Å². The van der Waals surface area contributed by atoms with Gasteiger partial charge in [-0.15, -0.1) is 0 Å². The van der Waals surface area contributed by atoms with Crippen molar-refractivity contribution >= 4 is 46.9 Å². The zero-order valence-corrected chi connectivity index (χ0v) is 11.1. The molecule has 0 aliphatic carbocycles. The van der Waals surface area contributed by atoms with E-state index in [1.807, 2.05) is 0 Å². The van der Waals surface area contributed by atoms with Crippen molar-refractivity contribution in [3.8, 4) is 0 Å². The molecule has 0 bridgehead atoms. The number of alkyl carbamates (subject to hydrolysis) is 1. The van der Waals surface area contributed by atoms with Gasteiger partial charge in [0.15, 0.2) is 6.04 Å². The normalized spacial score (nSPS) is 12.8. The van der Waals surface area contributed by atoms with Gasteiger partial charge in [0.25, 0.3) is 0 Å². The Morgan fingerprint density at radius 2 is 2.17 bits per heavy atom. The highest BCUT2D eigenvalue weighted by molar-refractivity contribution is 6.67. The van der Waals surface area contributed by atoms with Crippen LogP contribution in [-0.4, -0.2) is 32.6 Å². The molecule has 9 heteroatoms. The lowest BCUT2D eigenvalue weighted by molar-refractivity contribution is -0.139. The van der Waals surface area contributed by atoms with E-state index in [-0.39, 0.29) is 0 Å². The van der Waals surface area contributed by atoms with Crippen LogP contribution in [-0.2, 0) is 9.53 Å². The van der Waals surface area contributed by atoms with Gasteiger partial charge in [-0.25, -0.2) is 9.59 Å². The number of carboxylic acids is 1. The van der Waals surface area contributed by atoms with Crippen molar-refractivity contribution in [2.75, 3.05) is 6.61 Å². The summed E-state index contributed by atoms with van der Waals surface area (Å²) in [6.45, 7) is -0.486. The number of amides is 1. The number of hydrogen-bond acceptors (Lipinski definition) is 3. The van der Waals surface area contributed by atoms with Gasteiger partial charge < -0.3 is 20.1 Å². The molecule has 1 aromatic heterocycles. The number of carbonyl (C=O) groups excluding carboxylic acids is 1. The molecular formula is C9H9Cl3N2O4. The van der Waals surface area contributed by atoms with Gasteiger partial charge in [-0.05, 0) is 12.1 Å². The van der Waals surface area contributed by atoms with Crippen molar-refractivity contribution in [1.29, 1.82) is 0 Å². The number of carbonyl (C=O) groups is 2. The van der Waals surface area contributed by atoms with Gasteiger partial charge >= 0.3 is 12.1 Å². The van der Waals surface area contributed by atoms with Crippen molar-refractivity contribution in [2.24, 2.45) is 0 Å². The van der Waals surface area contributed by atoms with Gasteiger partial charge in [-0.1, -0.05) is 34.8 Å². The Labute approximate surface area is 117 Å². The zero-order chi connectivity index (χ0) is 13.8. The number of aliphatic carboxylic acids is 1. The summed E-state index contributed by atoms with van der Waals surface area (Å²) in [5.74, 6) is -1.25. The number of ether oxygens (including phenoxy) is 1. The van der Waals surface area contributed by atoms with Crippen LogP contribution in [0.4, 0.5) is 4.79 Å². The standard InChI is InChI=1S/C9H9Cl3N2O4/c10-9(11,12)4-18-8(17)14-6(7(15)16)5-2-1-3-13-5/h1-3,6,13H,4H2,(H,14,17)(H,15,16). The second-order valence-corrected chi connectivity index (χ2v) is 5.75. The van der Waals surface area contributed by atoms with E-state index in [1.165, 1.54) is 12.3 Å². The third-order valence-electron chi connectivity index (χ3n) is 1.81. The molecule has 0 saturated carbocycles. The van der Waals surface area contributed by atoms with Crippen molar-refractivity contribution in [1.82, 2.24) is 10.3 Å². The lowest BCUT2D eigenvalue weighted by atomic mass is 10.2. The molecule has 0 saturated heterocycles. The number of nitrogens with one attached hydrogen (secondary N) is 2. The van der Waals surface area contributed by atoms with Crippen molar-refractivity contribution in [3.05, 3.63) is 24.0 Å². The maximum atomic E-state index is 11.3. The van der Waals surface area contributed by atoms with Crippen molar-refractivity contribution in [2.45, 2.75) is 9.83 Å². The fourth-order valence-electron chi connectivity index (χ4n) is 1.10. The Morgan fingerprint density at radius 1 is 1.50 bits per heavy atom. The molecule has 0 spiro atoms. The van der Waals surface area contributed by atoms with E-state index < -0.39 is 28.5 Å². The van der Waals surface area contributed by atoms with Gasteiger partial charge in [0, 0.05) is 11.9 Å². The maximum Gasteiger partial charge on any atom is 0.408 e. The topological polar surface area (TPSA) is 91.4 Å². The summed E-state index contributed by atoms with van der Waals surface area (Å²) in [5, 5.41) is 11.1. The molecule has 1 rings (SSSR count). The van der Waals surface area contributed by atoms with Gasteiger partial charge in [0.05, 0.1) is 0 Å². The number of aromatic amines is 1. The van der Waals surface area contributed by atoms with Gasteiger partial charge in [-0.3, -0.25) is 0 Å². The summed E-state index contributed by atoms with van der Waals surface area (Å²) in [4.78, 5) is 24.9. The van der Waals surface area contributed by atoms with E-state index in [2.05, 4.69) is 15.0 Å². The molecule has 0 fully saturated rings. The predicted molar refractivity (Wildman–Crippen MR) is 65.9 cm³/mol. The minimum absolute atomic E-state index is 0.299. The number of alkyl halides is 3. The first-order valence-electron chi connectivity index (χ1n) is 4.66. The molecule has 0 aliphatic heterocycles. The fraction of sp³-hybridized carbons (Fsp3) is 0.333. The Kier molecular flexibility index (Phi) is 5.13. The largest absolute Gasteiger partial charge is 0.479 e. The quantitative estimate of drug-likeness (QED) is 0.743. The molecular weight excluding hydrogens is 306 g/mol. The lowest BCUT2D eigenvalue weighted by Gasteiger charge is -2.15. The van der Waals surface area contributed by atoms with Crippen LogP contribution in [0.3, 0.4) is 0 Å². The number of carboxylic acid groups (broad SMARTS) is 1. The van der Waals surface area contributed by atoms with Gasteiger partial charge in [0.2, 0.25) is 3.79 Å². The van der Waals surface area contributed by atoms with E-state index in [0.29, 0.717) is 5.69 Å². The average Bonchev–Trinajstić information content (AvgIpc) is 2.74. The molecule has 1 atom stereocenters. The fourth-order valence-corrected chi connectivity index (χ4v) is 1.27. The van der Waals surface area contributed by atoms with Crippen LogP contribution >= 0.6 is 34.8 Å². The number of H-pyrrole nitrogens is 1. The summed E-state index contributed by atoms with van der Waals surface area (Å²) in [5.41, 5.74) is 0.299. The minimum atomic E-state index is -1.75. The summed E-state index contributed by atoms with van der Waals surface area (Å²) in [7, 11) is 0.